The molecule has 0 saturated carbocycles. The van der Waals surface area contributed by atoms with Crippen LogP contribution in [0.4, 0.5) is 0 Å². The molecule has 0 aromatic rings. The topological polar surface area (TPSA) is 68.3 Å². The molecule has 0 atom stereocenters. The van der Waals surface area contributed by atoms with Crippen molar-refractivity contribution in [3.63, 3.8) is 0 Å². The van der Waals surface area contributed by atoms with Gasteiger partial charge >= 0.3 is 98.9 Å². The molecule has 0 unspecified atom stereocenters. The minimum Gasteiger partial charge on any atom is 0 e. The fourth-order valence-corrected chi connectivity index (χ4v) is 0. The van der Waals surface area contributed by atoms with Gasteiger partial charge < -0.3 is 0 Å². The van der Waals surface area contributed by atoms with Gasteiger partial charge in [-0.25, -0.2) is 0 Å². The van der Waals surface area contributed by atoms with Crippen molar-refractivity contribution in [2.24, 2.45) is 0 Å². The van der Waals surface area contributed by atoms with E-state index >= 15 is 0 Å². The van der Waals surface area contributed by atoms with E-state index in [1.165, 1.54) is 0 Å². The molecule has 44 valence electrons. The molecule has 0 aromatic carbocycles. The van der Waals surface area contributed by atoms with Crippen molar-refractivity contribution < 1.29 is 85.9 Å². The smallest absolute Gasteiger partial charge is 0 e. The zero-order valence-corrected chi connectivity index (χ0v) is 17.3. The van der Waals surface area contributed by atoms with Crippen LogP contribution in [-0.4, -0.2) is 32.4 Å². The molecule has 0 bridgehead atoms. The first-order chi connectivity index (χ1) is 4.41. The van der Waals surface area contributed by atoms with Crippen LogP contribution in [0.3, 0.4) is 0 Å². The Morgan fingerprint density at radius 2 is 1.10 bits per heavy atom. The van der Waals surface area contributed by atoms with Gasteiger partial charge in [0.05, 0.1) is 0 Å². The van der Waals surface area contributed by atoms with Crippen LogP contribution in [0.1, 0.15) is 0 Å². The Hall–Kier alpha value is 2.94. The molecule has 0 fully saturated rings. The summed E-state index contributed by atoms with van der Waals surface area (Å²) in [6.45, 7) is 0. The fraction of sp³-hybridized carbons (Fsp3) is 0. The second-order valence-corrected chi connectivity index (χ2v) is 3.09. The zero-order chi connectivity index (χ0) is 8.71. The Balaban J connectivity index is -0.0000000110. The predicted octanol–water partition coefficient (Wildman–Crippen LogP) is -1.78. The molecule has 0 N–H and O–H groups in total. The maximum atomic E-state index is 9.11. The van der Waals surface area contributed by atoms with Crippen LogP contribution in [-0.2, 0) is 85.9 Å². The van der Waals surface area contributed by atoms with Crippen molar-refractivity contribution >= 4 is 32.4 Å². The van der Waals surface area contributed by atoms with Crippen LogP contribution in [0.2, 0.25) is 0 Å². The standard InChI is InChI=1S/2Al.4O.2Ti.2Zn.2H. The van der Waals surface area contributed by atoms with Crippen molar-refractivity contribution in [1.29, 1.82) is 0 Å². The summed E-state index contributed by atoms with van der Waals surface area (Å²) >= 11 is 2.36. The number of hydrogen-bond acceptors (Lipinski definition) is 4. The molecule has 0 saturated heterocycles. The molecule has 0 heterocycles. The van der Waals surface area contributed by atoms with Crippen molar-refractivity contribution in [3.05, 3.63) is 0 Å². The minimum absolute atomic E-state index is 0. The quantitative estimate of drug-likeness (QED) is 0.486. The summed E-state index contributed by atoms with van der Waals surface area (Å²) in [6, 6.07) is 0. The first-order valence-electron chi connectivity index (χ1n) is 1.34. The van der Waals surface area contributed by atoms with E-state index in [1.807, 2.05) is 0 Å². The van der Waals surface area contributed by atoms with E-state index in [2.05, 4.69) is 0 Å². The molecule has 4 nitrogen and oxygen atoms in total. The minimum atomic E-state index is -0.625. The maximum Gasteiger partial charge on any atom is 0 e. The number of rotatable bonds is 0. The van der Waals surface area contributed by atoms with E-state index in [0.29, 0.717) is 32.4 Å². The summed E-state index contributed by atoms with van der Waals surface area (Å²) in [5.74, 6) is 0. The monoisotopic (exact) mass is 344 g/mol. The molecule has 0 radical (unpaired) electrons. The summed E-state index contributed by atoms with van der Waals surface area (Å²) in [6.07, 6.45) is 0. The second-order valence-electron chi connectivity index (χ2n) is 0.144. The Morgan fingerprint density at radius 1 is 1.10 bits per heavy atom. The first-order valence-corrected chi connectivity index (χ1v) is 11.0. The first kappa shape index (κ1) is 29.3. The summed E-state index contributed by atoms with van der Waals surface area (Å²) in [7, 11) is 0. The zero-order valence-electron chi connectivity index (χ0n) is 5.46. The van der Waals surface area contributed by atoms with E-state index in [4.69, 9.17) is 14.3 Å². The predicted molar refractivity (Wildman–Crippen MR) is 17.0 cm³/mol. The molecule has 0 aliphatic carbocycles. The maximum absolute atomic E-state index is 9.11. The molecule has 0 amide bonds. The van der Waals surface area contributed by atoms with E-state index < -0.39 is 16.4 Å². The van der Waals surface area contributed by atoms with Gasteiger partial charge in [0.15, 0.2) is 0 Å². The van der Waals surface area contributed by atoms with Crippen LogP contribution < -0.4 is 0 Å². The van der Waals surface area contributed by atoms with Gasteiger partial charge in [0.2, 0.25) is 0 Å². The summed E-state index contributed by atoms with van der Waals surface area (Å²) in [4.78, 5) is 0. The largest absolute Gasteiger partial charge is 0 e. The molecule has 0 spiro atoms. The Bertz CT molecular complexity index is 43.5. The summed E-state index contributed by atoms with van der Waals surface area (Å²) in [5.41, 5.74) is 0. The van der Waals surface area contributed by atoms with E-state index in [1.54, 1.807) is 0 Å². The van der Waals surface area contributed by atoms with Crippen LogP contribution in [0, 0.1) is 0 Å². The van der Waals surface area contributed by atoms with E-state index in [-0.39, 0.29) is 19.5 Å². The molecule has 10 heavy (non-hydrogen) atoms. The molecule has 0 aliphatic rings. The summed E-state index contributed by atoms with van der Waals surface area (Å²) in [5, 5.41) is 0. The van der Waals surface area contributed by atoms with Crippen LogP contribution >= 0.6 is 0 Å². The van der Waals surface area contributed by atoms with Gasteiger partial charge in [0.1, 0.15) is 0 Å². The van der Waals surface area contributed by atoms with Crippen LogP contribution in [0.25, 0.3) is 0 Å². The average Bonchev–Trinajstić information content (AvgIpc) is 2.01. The van der Waals surface area contributed by atoms with Gasteiger partial charge in [-0.05, 0) is 0 Å². The van der Waals surface area contributed by atoms with Crippen molar-refractivity contribution in [2.45, 2.75) is 0 Å². The average molecular weight is 346 g/mol. The van der Waals surface area contributed by atoms with Crippen molar-refractivity contribution in [3.8, 4) is 0 Å². The Labute approximate surface area is 116 Å². The SMILES string of the molecule is [O]=[AlH].[O]=[AlH].[O]=[Ti].[O]=[Ti][Zn].[Zn]. The Morgan fingerprint density at radius 3 is 1.10 bits per heavy atom. The van der Waals surface area contributed by atoms with Gasteiger partial charge in [-0.15, -0.1) is 0 Å². The Kier molecular flexibility index (Phi) is 269. The fourth-order valence-electron chi connectivity index (χ4n) is 0. The third-order valence-corrected chi connectivity index (χ3v) is 0. The summed E-state index contributed by atoms with van der Waals surface area (Å²) < 4.78 is 33.9. The van der Waals surface area contributed by atoms with Gasteiger partial charge in [-0.1, -0.05) is 0 Å². The molecule has 0 aromatic heterocycles. The van der Waals surface area contributed by atoms with Gasteiger partial charge in [0, 0.05) is 19.5 Å². The van der Waals surface area contributed by atoms with Gasteiger partial charge in [-0.2, -0.15) is 0 Å². The molecule has 0 aliphatic heterocycles. The molecular formula is H2Al2O4Ti2Zn2. The molecular weight excluding hydrogens is 344 g/mol. The number of hydrogen-bond donors (Lipinski definition) is 0. The van der Waals surface area contributed by atoms with E-state index in [0.717, 1.165) is 35.7 Å². The molecule has 0 rings (SSSR count). The second kappa shape index (κ2) is 92.0. The molecule has 10 heteroatoms. The van der Waals surface area contributed by atoms with Gasteiger partial charge in [0.25, 0.3) is 0 Å². The van der Waals surface area contributed by atoms with Crippen molar-refractivity contribution in [1.82, 2.24) is 0 Å². The normalized spacial score (nSPS) is 1.90. The third kappa shape index (κ3) is 125. The van der Waals surface area contributed by atoms with E-state index in [9.17, 15) is 0 Å². The van der Waals surface area contributed by atoms with Crippen LogP contribution in [0.15, 0.2) is 0 Å². The van der Waals surface area contributed by atoms with Gasteiger partial charge in [-0.3, -0.25) is 0 Å². The van der Waals surface area contributed by atoms with Crippen molar-refractivity contribution in [2.75, 3.05) is 0 Å². The van der Waals surface area contributed by atoms with Crippen LogP contribution in [0.5, 0.6) is 0 Å². The third-order valence-electron chi connectivity index (χ3n) is 0.